The number of benzene rings is 1. The largest absolute Gasteiger partial charge is 0.399 e. The third-order valence-corrected chi connectivity index (χ3v) is 3.21. The normalized spacial score (nSPS) is 18.8. The summed E-state index contributed by atoms with van der Waals surface area (Å²) in [6.45, 7) is 2.39. The maximum absolute atomic E-state index is 11.6. The standard InChI is InChI=1S/C15H20N2O2/c16-14-3-1-2-12(10-14)4-5-15(18)17-8-6-13-7-9-19-11-13/h1-5,10,13H,6-9,11,16H2,(H,17,18)/b5-4+. The lowest BCUT2D eigenvalue weighted by Crippen LogP contribution is -2.24. The molecule has 0 bridgehead atoms. The molecule has 0 spiro atoms. The van der Waals surface area contributed by atoms with Crippen LogP contribution in [0.3, 0.4) is 0 Å². The van der Waals surface area contributed by atoms with E-state index in [0.29, 0.717) is 18.2 Å². The zero-order chi connectivity index (χ0) is 13.5. The van der Waals surface area contributed by atoms with Gasteiger partial charge in [0.2, 0.25) is 5.91 Å². The lowest BCUT2D eigenvalue weighted by atomic mass is 10.1. The first kappa shape index (κ1) is 13.6. The van der Waals surface area contributed by atoms with Gasteiger partial charge in [-0.05, 0) is 42.5 Å². The maximum atomic E-state index is 11.6. The van der Waals surface area contributed by atoms with Crippen molar-refractivity contribution in [2.75, 3.05) is 25.5 Å². The fourth-order valence-electron chi connectivity index (χ4n) is 2.10. The molecule has 0 aromatic heterocycles. The van der Waals surface area contributed by atoms with Gasteiger partial charge in [0.1, 0.15) is 0 Å². The molecule has 1 aromatic rings. The van der Waals surface area contributed by atoms with Gasteiger partial charge in [0.05, 0.1) is 0 Å². The molecule has 4 nitrogen and oxygen atoms in total. The number of anilines is 1. The minimum atomic E-state index is -0.0682. The molecule has 0 saturated carbocycles. The Bertz CT molecular complexity index is 451. The first-order valence-electron chi connectivity index (χ1n) is 6.63. The van der Waals surface area contributed by atoms with Crippen LogP contribution in [0, 0.1) is 5.92 Å². The first-order valence-corrected chi connectivity index (χ1v) is 6.63. The Balaban J connectivity index is 1.71. The van der Waals surface area contributed by atoms with Crippen LogP contribution in [-0.2, 0) is 9.53 Å². The van der Waals surface area contributed by atoms with Crippen molar-refractivity contribution in [1.82, 2.24) is 5.32 Å². The highest BCUT2D eigenvalue weighted by molar-refractivity contribution is 5.91. The van der Waals surface area contributed by atoms with Crippen LogP contribution in [-0.4, -0.2) is 25.7 Å². The van der Waals surface area contributed by atoms with Gasteiger partial charge in [-0.25, -0.2) is 0 Å². The van der Waals surface area contributed by atoms with E-state index in [1.54, 1.807) is 12.2 Å². The lowest BCUT2D eigenvalue weighted by Gasteiger charge is -2.07. The molecule has 19 heavy (non-hydrogen) atoms. The number of nitrogen functional groups attached to an aromatic ring is 1. The van der Waals surface area contributed by atoms with Crippen LogP contribution >= 0.6 is 0 Å². The number of ether oxygens (including phenoxy) is 1. The van der Waals surface area contributed by atoms with Crippen molar-refractivity contribution < 1.29 is 9.53 Å². The molecule has 0 aliphatic carbocycles. The molecule has 0 radical (unpaired) electrons. The van der Waals surface area contributed by atoms with E-state index in [4.69, 9.17) is 10.5 Å². The topological polar surface area (TPSA) is 64.4 Å². The molecule has 4 heteroatoms. The van der Waals surface area contributed by atoms with Crippen LogP contribution in [0.1, 0.15) is 18.4 Å². The highest BCUT2D eigenvalue weighted by atomic mass is 16.5. The van der Waals surface area contributed by atoms with Crippen LogP contribution < -0.4 is 11.1 Å². The molecule has 1 aliphatic heterocycles. The molecule has 1 unspecified atom stereocenters. The summed E-state index contributed by atoms with van der Waals surface area (Å²) in [4.78, 5) is 11.6. The van der Waals surface area contributed by atoms with Crippen LogP contribution in [0.4, 0.5) is 5.69 Å². The van der Waals surface area contributed by atoms with E-state index in [9.17, 15) is 4.79 Å². The summed E-state index contributed by atoms with van der Waals surface area (Å²) < 4.78 is 5.29. The van der Waals surface area contributed by atoms with Gasteiger partial charge in [-0.2, -0.15) is 0 Å². The molecular weight excluding hydrogens is 240 g/mol. The Morgan fingerprint density at radius 2 is 2.42 bits per heavy atom. The molecule has 2 rings (SSSR count). The molecule has 1 amide bonds. The van der Waals surface area contributed by atoms with E-state index in [-0.39, 0.29) is 5.91 Å². The van der Waals surface area contributed by atoms with Crippen LogP contribution in [0.25, 0.3) is 6.08 Å². The number of nitrogens with two attached hydrogens (primary N) is 1. The number of rotatable bonds is 5. The van der Waals surface area contributed by atoms with E-state index >= 15 is 0 Å². The summed E-state index contributed by atoms with van der Waals surface area (Å²) in [6.07, 6.45) is 5.40. The first-order chi connectivity index (χ1) is 9.24. The maximum Gasteiger partial charge on any atom is 0.243 e. The second-order valence-corrected chi connectivity index (χ2v) is 4.81. The van der Waals surface area contributed by atoms with Crippen molar-refractivity contribution in [2.45, 2.75) is 12.8 Å². The molecule has 102 valence electrons. The van der Waals surface area contributed by atoms with Gasteiger partial charge in [0.25, 0.3) is 0 Å². The lowest BCUT2D eigenvalue weighted by molar-refractivity contribution is -0.116. The molecule has 1 atom stereocenters. The Hall–Kier alpha value is -1.81. The summed E-state index contributed by atoms with van der Waals surface area (Å²) in [6, 6.07) is 7.43. The molecule has 1 fully saturated rings. The van der Waals surface area contributed by atoms with Crippen molar-refractivity contribution in [3.05, 3.63) is 35.9 Å². The van der Waals surface area contributed by atoms with E-state index in [1.165, 1.54) is 0 Å². The van der Waals surface area contributed by atoms with E-state index in [2.05, 4.69) is 5.32 Å². The Labute approximate surface area is 113 Å². The zero-order valence-electron chi connectivity index (χ0n) is 11.0. The van der Waals surface area contributed by atoms with Crippen LogP contribution in [0.15, 0.2) is 30.3 Å². The quantitative estimate of drug-likeness (QED) is 0.627. The molecular formula is C15H20N2O2. The molecule has 1 aromatic carbocycles. The van der Waals surface area contributed by atoms with E-state index < -0.39 is 0 Å². The Morgan fingerprint density at radius 1 is 1.53 bits per heavy atom. The van der Waals surface area contributed by atoms with Gasteiger partial charge in [-0.1, -0.05) is 12.1 Å². The van der Waals surface area contributed by atoms with Gasteiger partial charge >= 0.3 is 0 Å². The Kier molecular flexibility index (Phi) is 4.98. The Morgan fingerprint density at radius 3 is 3.16 bits per heavy atom. The smallest absolute Gasteiger partial charge is 0.243 e. The van der Waals surface area contributed by atoms with Gasteiger partial charge < -0.3 is 15.8 Å². The third-order valence-electron chi connectivity index (χ3n) is 3.21. The minimum Gasteiger partial charge on any atom is -0.399 e. The second kappa shape index (κ2) is 6.95. The number of hydrogen-bond acceptors (Lipinski definition) is 3. The summed E-state index contributed by atoms with van der Waals surface area (Å²) in [5.74, 6) is 0.527. The molecule has 1 heterocycles. The van der Waals surface area contributed by atoms with Crippen molar-refractivity contribution in [3.63, 3.8) is 0 Å². The zero-order valence-corrected chi connectivity index (χ0v) is 11.0. The fraction of sp³-hybridized carbons (Fsp3) is 0.400. The third kappa shape index (κ3) is 4.75. The number of amides is 1. The van der Waals surface area contributed by atoms with E-state index in [1.807, 2.05) is 24.3 Å². The van der Waals surface area contributed by atoms with Crippen molar-refractivity contribution in [2.24, 2.45) is 5.92 Å². The summed E-state index contributed by atoms with van der Waals surface area (Å²) in [7, 11) is 0. The van der Waals surface area contributed by atoms with Crippen LogP contribution in [0.5, 0.6) is 0 Å². The summed E-state index contributed by atoms with van der Waals surface area (Å²) in [5, 5.41) is 2.88. The molecule has 1 saturated heterocycles. The second-order valence-electron chi connectivity index (χ2n) is 4.81. The monoisotopic (exact) mass is 260 g/mol. The SMILES string of the molecule is Nc1cccc(/C=C/C(=O)NCCC2CCOC2)c1. The van der Waals surface area contributed by atoms with Gasteiger partial charge in [-0.15, -0.1) is 0 Å². The minimum absolute atomic E-state index is 0.0682. The predicted molar refractivity (Wildman–Crippen MR) is 76.4 cm³/mol. The van der Waals surface area contributed by atoms with Crippen LogP contribution in [0.2, 0.25) is 0 Å². The fourth-order valence-corrected chi connectivity index (χ4v) is 2.10. The molecule has 1 aliphatic rings. The van der Waals surface area contributed by atoms with Gasteiger partial charge in [-0.3, -0.25) is 4.79 Å². The van der Waals surface area contributed by atoms with Crippen molar-refractivity contribution in [1.29, 1.82) is 0 Å². The van der Waals surface area contributed by atoms with Gasteiger partial charge in [0.15, 0.2) is 0 Å². The number of nitrogens with one attached hydrogen (secondary N) is 1. The summed E-state index contributed by atoms with van der Waals surface area (Å²) >= 11 is 0. The van der Waals surface area contributed by atoms with Crippen molar-refractivity contribution >= 4 is 17.7 Å². The summed E-state index contributed by atoms with van der Waals surface area (Å²) in [5.41, 5.74) is 7.30. The van der Waals surface area contributed by atoms with Gasteiger partial charge in [0, 0.05) is 31.5 Å². The number of hydrogen-bond donors (Lipinski definition) is 2. The molecule has 3 N–H and O–H groups in total. The number of carbonyl (C=O) groups is 1. The highest BCUT2D eigenvalue weighted by Gasteiger charge is 2.14. The predicted octanol–water partition coefficient (Wildman–Crippen LogP) is 1.82. The average molecular weight is 260 g/mol. The van der Waals surface area contributed by atoms with E-state index in [0.717, 1.165) is 31.6 Å². The highest BCUT2D eigenvalue weighted by Crippen LogP contribution is 2.15. The average Bonchev–Trinajstić information content (AvgIpc) is 2.90. The van der Waals surface area contributed by atoms with Crippen molar-refractivity contribution in [3.8, 4) is 0 Å². The number of carbonyl (C=O) groups excluding carboxylic acids is 1.